The molecule has 1 fully saturated rings. The first-order valence-corrected chi connectivity index (χ1v) is 14.1. The first-order chi connectivity index (χ1) is 19.9. The molecule has 0 bridgehead atoms. The molecule has 1 aliphatic heterocycles. The molecule has 1 aromatic carbocycles. The summed E-state index contributed by atoms with van der Waals surface area (Å²) in [5.41, 5.74) is 1.23. The summed E-state index contributed by atoms with van der Waals surface area (Å²) in [6.45, 7) is 6.61. The molecule has 13 heteroatoms. The monoisotopic (exact) mass is 639 g/mol. The summed E-state index contributed by atoms with van der Waals surface area (Å²) >= 11 is 3.30. The molecule has 2 unspecified atom stereocenters. The van der Waals surface area contributed by atoms with Crippen molar-refractivity contribution >= 4 is 50.2 Å². The molecule has 1 saturated heterocycles. The van der Waals surface area contributed by atoms with Crippen LogP contribution in [0.2, 0.25) is 0 Å². The van der Waals surface area contributed by atoms with Crippen LogP contribution in [0.3, 0.4) is 0 Å². The number of Topliss-reactive ketones (excluding diaryl/α,β-unsaturated/α-hetero) is 1. The summed E-state index contributed by atoms with van der Waals surface area (Å²) in [6.07, 6.45) is 0.541. The average Bonchev–Trinajstić information content (AvgIpc) is 3.51. The molecule has 42 heavy (non-hydrogen) atoms. The van der Waals surface area contributed by atoms with Crippen molar-refractivity contribution in [1.29, 1.82) is 0 Å². The first-order valence-electron chi connectivity index (χ1n) is 13.3. The van der Waals surface area contributed by atoms with E-state index >= 15 is 0 Å². The number of aromatic nitrogens is 5. The third kappa shape index (κ3) is 5.78. The predicted molar refractivity (Wildman–Crippen MR) is 155 cm³/mol. The molecular weight excluding hydrogens is 612 g/mol. The van der Waals surface area contributed by atoms with Gasteiger partial charge in [0.25, 0.3) is 6.43 Å². The molecule has 5 rings (SSSR count). The van der Waals surface area contributed by atoms with Crippen LogP contribution in [0.25, 0.3) is 22.0 Å². The lowest BCUT2D eigenvalue weighted by molar-refractivity contribution is -0.137. The van der Waals surface area contributed by atoms with E-state index in [0.717, 1.165) is 10.2 Å². The number of anilines is 1. The van der Waals surface area contributed by atoms with Gasteiger partial charge in [0.05, 0.1) is 5.52 Å². The van der Waals surface area contributed by atoms with Crippen molar-refractivity contribution in [3.63, 3.8) is 0 Å². The van der Waals surface area contributed by atoms with Crippen LogP contribution >= 0.6 is 15.9 Å². The second kappa shape index (κ2) is 11.6. The number of nitrogens with zero attached hydrogens (tertiary/aromatic N) is 6. The zero-order valence-electron chi connectivity index (χ0n) is 23.4. The van der Waals surface area contributed by atoms with E-state index in [1.807, 2.05) is 13.8 Å². The van der Waals surface area contributed by atoms with Crippen molar-refractivity contribution < 1.29 is 23.2 Å². The van der Waals surface area contributed by atoms with Crippen molar-refractivity contribution in [3.05, 3.63) is 63.9 Å². The Morgan fingerprint density at radius 2 is 1.83 bits per heavy atom. The predicted octanol–water partition coefficient (Wildman–Crippen LogP) is 5.28. The van der Waals surface area contributed by atoms with Gasteiger partial charge in [0, 0.05) is 42.4 Å². The summed E-state index contributed by atoms with van der Waals surface area (Å²) in [5.74, 6) is -0.381. The Hall–Kier alpha value is -4.13. The quantitative estimate of drug-likeness (QED) is 0.215. The number of benzene rings is 1. The number of amides is 2. The number of halogens is 3. The zero-order chi connectivity index (χ0) is 30.3. The third-order valence-corrected chi connectivity index (χ3v) is 7.72. The van der Waals surface area contributed by atoms with Crippen LogP contribution in [0.15, 0.2) is 41.3 Å². The van der Waals surface area contributed by atoms with E-state index in [9.17, 15) is 23.2 Å². The molecule has 1 N–H and O–H groups in total. The number of rotatable bonds is 7. The molecule has 4 heterocycles. The van der Waals surface area contributed by atoms with Crippen molar-refractivity contribution in [2.24, 2.45) is 5.92 Å². The number of carbonyl (C=O) groups excluding carboxylic acids is 3. The number of carbonyl (C=O) groups is 3. The van der Waals surface area contributed by atoms with Crippen LogP contribution in [0.4, 0.5) is 14.6 Å². The van der Waals surface area contributed by atoms with E-state index in [2.05, 4.69) is 41.3 Å². The molecule has 10 nitrogen and oxygen atoms in total. The van der Waals surface area contributed by atoms with E-state index in [1.165, 1.54) is 30.3 Å². The fourth-order valence-electron chi connectivity index (χ4n) is 5.22. The minimum Gasteiger partial charge on any atom is -0.329 e. The highest BCUT2D eigenvalue weighted by Gasteiger charge is 2.38. The van der Waals surface area contributed by atoms with Gasteiger partial charge in [-0.2, -0.15) is 5.10 Å². The van der Waals surface area contributed by atoms with Crippen LogP contribution in [-0.4, -0.2) is 59.8 Å². The van der Waals surface area contributed by atoms with E-state index in [-0.39, 0.29) is 28.1 Å². The van der Waals surface area contributed by atoms with Crippen LogP contribution in [0.5, 0.6) is 0 Å². The van der Waals surface area contributed by atoms with E-state index in [4.69, 9.17) is 0 Å². The molecule has 218 valence electrons. The van der Waals surface area contributed by atoms with Crippen LogP contribution < -0.4 is 5.32 Å². The highest BCUT2D eigenvalue weighted by Crippen LogP contribution is 2.35. The van der Waals surface area contributed by atoms with Crippen LogP contribution in [0, 0.1) is 19.8 Å². The molecular formula is C29H28BrF2N7O3. The Morgan fingerprint density at radius 1 is 1.12 bits per heavy atom. The Labute approximate surface area is 248 Å². The van der Waals surface area contributed by atoms with E-state index in [1.54, 1.807) is 25.1 Å². The largest absolute Gasteiger partial charge is 0.329 e. The SMILES string of the molecule is CC(=O)c1nn(CC(=O)N2CC(C)CC2C(=O)Nc2nc(Br)ccc2C)c2c(C(F)F)cc(-c3cnc(C)nc3)cc12. The minimum absolute atomic E-state index is 0.0115. The van der Waals surface area contributed by atoms with Gasteiger partial charge in [-0.1, -0.05) is 13.0 Å². The Balaban J connectivity index is 1.50. The molecule has 0 spiro atoms. The Bertz CT molecular complexity index is 1710. The number of likely N-dealkylation sites (tertiary alicyclic amines) is 1. The van der Waals surface area contributed by atoms with Gasteiger partial charge in [-0.15, -0.1) is 0 Å². The summed E-state index contributed by atoms with van der Waals surface area (Å²) in [5, 5.41) is 7.32. The number of nitrogens with one attached hydrogen (secondary N) is 1. The topological polar surface area (TPSA) is 123 Å². The third-order valence-electron chi connectivity index (χ3n) is 7.28. The van der Waals surface area contributed by atoms with Crippen molar-refractivity contribution in [2.75, 3.05) is 11.9 Å². The number of fused-ring (bicyclic) bond motifs is 1. The van der Waals surface area contributed by atoms with Crippen molar-refractivity contribution in [2.45, 2.75) is 53.1 Å². The lowest BCUT2D eigenvalue weighted by Crippen LogP contribution is -2.44. The van der Waals surface area contributed by atoms with Gasteiger partial charge in [-0.25, -0.2) is 23.7 Å². The smallest absolute Gasteiger partial charge is 0.265 e. The van der Waals surface area contributed by atoms with Gasteiger partial charge in [0.15, 0.2) is 5.78 Å². The molecule has 0 aliphatic carbocycles. The van der Waals surface area contributed by atoms with Gasteiger partial charge < -0.3 is 10.2 Å². The highest BCUT2D eigenvalue weighted by atomic mass is 79.9. The normalized spacial score (nSPS) is 16.8. The van der Waals surface area contributed by atoms with E-state index in [0.29, 0.717) is 40.3 Å². The lowest BCUT2D eigenvalue weighted by Gasteiger charge is -2.24. The van der Waals surface area contributed by atoms with Crippen molar-refractivity contribution in [1.82, 2.24) is 29.6 Å². The number of hydrogen-bond donors (Lipinski definition) is 1. The molecule has 2 atom stereocenters. The number of hydrogen-bond acceptors (Lipinski definition) is 7. The van der Waals surface area contributed by atoms with Crippen molar-refractivity contribution in [3.8, 4) is 11.1 Å². The zero-order valence-corrected chi connectivity index (χ0v) is 24.9. The molecule has 4 aromatic rings. The molecule has 3 aromatic heterocycles. The molecule has 2 amide bonds. The van der Waals surface area contributed by atoms with E-state index < -0.39 is 36.6 Å². The van der Waals surface area contributed by atoms with Crippen LogP contribution in [0.1, 0.15) is 54.1 Å². The average molecular weight is 640 g/mol. The standard InChI is InChI=1S/C29H28BrF2N7O3/c1-14-7-22(29(42)36-28-15(2)5-6-23(30)35-28)38(12-14)24(41)13-39-26-20(25(37-39)16(3)40)8-18(9-21(26)27(31)32)19-10-33-17(4)34-11-19/h5-6,8-11,14,22,27H,7,12-13H2,1-4H3,(H,35,36,42). The Morgan fingerprint density at radius 3 is 2.50 bits per heavy atom. The van der Waals surface area contributed by atoms with Gasteiger partial charge in [0.1, 0.15) is 34.5 Å². The fourth-order valence-corrected chi connectivity index (χ4v) is 5.53. The summed E-state index contributed by atoms with van der Waals surface area (Å²) < 4.78 is 30.6. The molecule has 0 saturated carbocycles. The minimum atomic E-state index is -2.92. The lowest BCUT2D eigenvalue weighted by atomic mass is 10.0. The fraction of sp³-hybridized carbons (Fsp3) is 0.345. The second-order valence-corrected chi connectivity index (χ2v) is 11.3. The molecule has 0 radical (unpaired) electrons. The summed E-state index contributed by atoms with van der Waals surface area (Å²) in [4.78, 5) is 53.5. The second-order valence-electron chi connectivity index (χ2n) is 10.5. The Kier molecular flexibility index (Phi) is 8.13. The highest BCUT2D eigenvalue weighted by molar-refractivity contribution is 9.10. The summed E-state index contributed by atoms with van der Waals surface area (Å²) in [7, 11) is 0. The number of aryl methyl sites for hydroxylation is 2. The van der Waals surface area contributed by atoms with Gasteiger partial charge >= 0.3 is 0 Å². The summed E-state index contributed by atoms with van der Waals surface area (Å²) in [6, 6.07) is 5.66. The maximum Gasteiger partial charge on any atom is 0.265 e. The first kappa shape index (κ1) is 29.4. The van der Waals surface area contributed by atoms with Gasteiger partial charge in [-0.05, 0) is 71.4 Å². The van der Waals surface area contributed by atoms with Gasteiger partial charge in [-0.3, -0.25) is 19.1 Å². The number of ketones is 1. The number of pyridine rings is 1. The maximum absolute atomic E-state index is 14.5. The van der Waals surface area contributed by atoms with Gasteiger partial charge in [0.2, 0.25) is 11.8 Å². The molecule has 1 aliphatic rings. The van der Waals surface area contributed by atoms with Crippen LogP contribution in [-0.2, 0) is 16.1 Å². The number of alkyl halides is 2. The maximum atomic E-state index is 14.5.